The molecule has 0 bridgehead atoms. The predicted octanol–water partition coefficient (Wildman–Crippen LogP) is 7.06. The van der Waals surface area contributed by atoms with E-state index in [-0.39, 0.29) is 5.63 Å². The Morgan fingerprint density at radius 3 is 1.91 bits per heavy atom. The van der Waals surface area contributed by atoms with Crippen molar-refractivity contribution in [2.45, 2.75) is 0 Å². The first kappa shape index (κ1) is 20.5. The third kappa shape index (κ3) is 4.09. The molecule has 1 heterocycles. The van der Waals surface area contributed by atoms with Crippen molar-refractivity contribution in [3.8, 4) is 16.9 Å². The summed E-state index contributed by atoms with van der Waals surface area (Å²) in [5.74, 6) is 0.732. The molecule has 0 saturated carbocycles. The lowest BCUT2D eigenvalue weighted by Gasteiger charge is -2.13. The molecule has 0 aliphatic heterocycles. The van der Waals surface area contributed by atoms with E-state index in [0.29, 0.717) is 11.1 Å². The topological polar surface area (TPSA) is 39.4 Å². The van der Waals surface area contributed by atoms with E-state index in [1.165, 1.54) is 0 Å². The molecule has 160 valence electrons. The Morgan fingerprint density at radius 2 is 1.30 bits per heavy atom. The molecule has 0 fully saturated rings. The number of methoxy groups -OCH3 is 1. The number of fused-ring (bicyclic) bond motifs is 1. The summed E-state index contributed by atoms with van der Waals surface area (Å²) in [4.78, 5) is 13.2. The van der Waals surface area contributed by atoms with Crippen LogP contribution < -0.4 is 10.4 Å². The summed E-state index contributed by atoms with van der Waals surface area (Å²) in [5, 5.41) is 0.882. The summed E-state index contributed by atoms with van der Waals surface area (Å²) < 4.78 is 11.0. The van der Waals surface area contributed by atoms with Gasteiger partial charge in [-0.1, -0.05) is 91.0 Å². The number of hydrogen-bond acceptors (Lipinski definition) is 3. The van der Waals surface area contributed by atoms with E-state index < -0.39 is 0 Å². The van der Waals surface area contributed by atoms with E-state index >= 15 is 0 Å². The minimum absolute atomic E-state index is 0.370. The zero-order valence-corrected chi connectivity index (χ0v) is 18.2. The molecule has 0 aliphatic carbocycles. The molecule has 0 radical (unpaired) electrons. The van der Waals surface area contributed by atoms with Gasteiger partial charge in [0.1, 0.15) is 11.3 Å². The molecule has 0 aliphatic rings. The maximum atomic E-state index is 13.2. The molecule has 5 aromatic rings. The summed E-state index contributed by atoms with van der Waals surface area (Å²) in [6.45, 7) is 0. The highest BCUT2D eigenvalue weighted by atomic mass is 16.5. The molecule has 4 aromatic carbocycles. The summed E-state index contributed by atoms with van der Waals surface area (Å²) >= 11 is 0. The van der Waals surface area contributed by atoms with Crippen LogP contribution in [0.4, 0.5) is 0 Å². The fourth-order valence-corrected chi connectivity index (χ4v) is 4.07. The van der Waals surface area contributed by atoms with Gasteiger partial charge in [-0.05, 0) is 46.5 Å². The van der Waals surface area contributed by atoms with Crippen LogP contribution >= 0.6 is 0 Å². The molecule has 3 heteroatoms. The quantitative estimate of drug-likeness (QED) is 0.280. The highest BCUT2D eigenvalue weighted by Crippen LogP contribution is 2.34. The lowest BCUT2D eigenvalue weighted by atomic mass is 9.91. The smallest absolute Gasteiger partial charge is 0.344 e. The van der Waals surface area contributed by atoms with Gasteiger partial charge in [0.05, 0.1) is 12.7 Å². The standard InChI is InChI=1S/C30H22O3/c1-32-24-18-16-23(17-19-24)29-27(25-14-8-9-15-28(25)33-30(29)31)20-26(21-10-4-2-5-11-21)22-12-6-3-7-13-22/h2-20H,1H3. The van der Waals surface area contributed by atoms with E-state index in [4.69, 9.17) is 9.15 Å². The van der Waals surface area contributed by atoms with Crippen molar-refractivity contribution in [1.82, 2.24) is 0 Å². The second-order valence-corrected chi connectivity index (χ2v) is 7.69. The van der Waals surface area contributed by atoms with Gasteiger partial charge in [-0.15, -0.1) is 0 Å². The Hall–Kier alpha value is -4.37. The normalized spacial score (nSPS) is 10.7. The van der Waals surface area contributed by atoms with Crippen molar-refractivity contribution >= 4 is 22.6 Å². The minimum atomic E-state index is -0.370. The third-order valence-electron chi connectivity index (χ3n) is 5.69. The Kier molecular flexibility index (Phi) is 5.61. The molecule has 1 aromatic heterocycles. The largest absolute Gasteiger partial charge is 0.497 e. The zero-order valence-electron chi connectivity index (χ0n) is 18.2. The number of hydrogen-bond donors (Lipinski definition) is 0. The lowest BCUT2D eigenvalue weighted by Crippen LogP contribution is -2.06. The van der Waals surface area contributed by atoms with Crippen LogP contribution in [0, 0.1) is 0 Å². The molecule has 0 saturated heterocycles. The Balaban J connectivity index is 1.85. The predicted molar refractivity (Wildman–Crippen MR) is 134 cm³/mol. The fourth-order valence-electron chi connectivity index (χ4n) is 4.07. The highest BCUT2D eigenvalue weighted by Gasteiger charge is 2.17. The van der Waals surface area contributed by atoms with Crippen molar-refractivity contribution in [3.05, 3.63) is 136 Å². The van der Waals surface area contributed by atoms with E-state index in [0.717, 1.165) is 39.0 Å². The maximum absolute atomic E-state index is 13.2. The minimum Gasteiger partial charge on any atom is -0.497 e. The first-order valence-electron chi connectivity index (χ1n) is 10.8. The second-order valence-electron chi connectivity index (χ2n) is 7.69. The molecular weight excluding hydrogens is 408 g/mol. The van der Waals surface area contributed by atoms with Crippen molar-refractivity contribution in [3.63, 3.8) is 0 Å². The van der Waals surface area contributed by atoms with Gasteiger partial charge in [0.15, 0.2) is 0 Å². The highest BCUT2D eigenvalue weighted by molar-refractivity contribution is 6.01. The first-order chi connectivity index (χ1) is 16.2. The molecule has 5 rings (SSSR count). The van der Waals surface area contributed by atoms with Crippen LogP contribution in [0.25, 0.3) is 33.7 Å². The molecule has 3 nitrogen and oxygen atoms in total. The van der Waals surface area contributed by atoms with Gasteiger partial charge in [-0.3, -0.25) is 0 Å². The van der Waals surface area contributed by atoms with Crippen LogP contribution in [0.3, 0.4) is 0 Å². The molecule has 0 atom stereocenters. The Bertz CT molecular complexity index is 1440. The average molecular weight is 431 g/mol. The number of ether oxygens (including phenoxy) is 1. The van der Waals surface area contributed by atoms with Gasteiger partial charge >= 0.3 is 5.63 Å². The number of rotatable bonds is 5. The van der Waals surface area contributed by atoms with Gasteiger partial charge in [0.2, 0.25) is 0 Å². The molecule has 0 spiro atoms. The van der Waals surface area contributed by atoms with E-state index in [2.05, 4.69) is 30.3 Å². The van der Waals surface area contributed by atoms with Crippen LogP contribution in [0.2, 0.25) is 0 Å². The van der Waals surface area contributed by atoms with Crippen LogP contribution in [-0.4, -0.2) is 7.11 Å². The molecular formula is C30H22O3. The summed E-state index contributed by atoms with van der Waals surface area (Å²) in [5.41, 5.74) is 5.50. The van der Waals surface area contributed by atoms with Gasteiger partial charge in [0.25, 0.3) is 0 Å². The van der Waals surface area contributed by atoms with Crippen LogP contribution in [0.15, 0.2) is 118 Å². The summed E-state index contributed by atoms with van der Waals surface area (Å²) in [7, 11) is 1.62. The molecule has 0 unspecified atom stereocenters. The Labute approximate surface area is 192 Å². The lowest BCUT2D eigenvalue weighted by molar-refractivity contribution is 0.415. The third-order valence-corrected chi connectivity index (χ3v) is 5.69. The van der Waals surface area contributed by atoms with Gasteiger partial charge in [0, 0.05) is 10.9 Å². The van der Waals surface area contributed by atoms with Crippen LogP contribution in [0.5, 0.6) is 5.75 Å². The van der Waals surface area contributed by atoms with Crippen LogP contribution in [0.1, 0.15) is 16.7 Å². The Morgan fingerprint density at radius 1 is 0.727 bits per heavy atom. The SMILES string of the molecule is COc1ccc(-c2c(C=C(c3ccccc3)c3ccccc3)c3ccccc3oc2=O)cc1. The van der Waals surface area contributed by atoms with E-state index in [1.54, 1.807) is 7.11 Å². The first-order valence-corrected chi connectivity index (χ1v) is 10.8. The maximum Gasteiger partial charge on any atom is 0.344 e. The van der Waals surface area contributed by atoms with Crippen molar-refractivity contribution in [2.24, 2.45) is 0 Å². The van der Waals surface area contributed by atoms with Gasteiger partial charge in [-0.2, -0.15) is 0 Å². The van der Waals surface area contributed by atoms with Crippen molar-refractivity contribution in [2.75, 3.05) is 7.11 Å². The van der Waals surface area contributed by atoms with Crippen molar-refractivity contribution in [1.29, 1.82) is 0 Å². The summed E-state index contributed by atoms with van der Waals surface area (Å²) in [6.07, 6.45) is 2.10. The van der Waals surface area contributed by atoms with E-state index in [9.17, 15) is 4.79 Å². The number of benzene rings is 4. The van der Waals surface area contributed by atoms with Gasteiger partial charge in [-0.25, -0.2) is 4.79 Å². The van der Waals surface area contributed by atoms with Crippen molar-refractivity contribution < 1.29 is 9.15 Å². The molecule has 33 heavy (non-hydrogen) atoms. The summed E-state index contributed by atoms with van der Waals surface area (Å²) in [6, 6.07) is 35.6. The zero-order chi connectivity index (χ0) is 22.6. The van der Waals surface area contributed by atoms with Gasteiger partial charge < -0.3 is 9.15 Å². The average Bonchev–Trinajstić information content (AvgIpc) is 2.88. The monoisotopic (exact) mass is 430 g/mol. The molecule has 0 N–H and O–H groups in total. The van der Waals surface area contributed by atoms with E-state index in [1.807, 2.05) is 84.9 Å². The second kappa shape index (κ2) is 9.01. The number of para-hydroxylation sites is 1. The van der Waals surface area contributed by atoms with Crippen LogP contribution in [-0.2, 0) is 0 Å². The fraction of sp³-hybridized carbons (Fsp3) is 0.0333. The molecule has 0 amide bonds.